The van der Waals surface area contributed by atoms with E-state index in [4.69, 9.17) is 9.97 Å². The van der Waals surface area contributed by atoms with Gasteiger partial charge in [-0.3, -0.25) is 0 Å². The molecule has 23 heavy (non-hydrogen) atoms. The molecule has 0 saturated heterocycles. The molecule has 2 heterocycles. The highest BCUT2D eigenvalue weighted by atomic mass is 16.3. The third-order valence-electron chi connectivity index (χ3n) is 5.68. The molecule has 2 aliphatic rings. The van der Waals surface area contributed by atoms with Crippen molar-refractivity contribution in [2.75, 3.05) is 11.9 Å². The summed E-state index contributed by atoms with van der Waals surface area (Å²) in [6.45, 7) is 3.04. The number of fused-ring (bicyclic) bond motifs is 3. The molecule has 0 radical (unpaired) electrons. The van der Waals surface area contributed by atoms with Crippen LogP contribution in [0.4, 0.5) is 5.95 Å². The van der Waals surface area contributed by atoms with E-state index in [1.54, 1.807) is 0 Å². The molecule has 2 aliphatic carbocycles. The van der Waals surface area contributed by atoms with Gasteiger partial charge >= 0.3 is 0 Å². The topological polar surface area (TPSA) is 63.0 Å². The fraction of sp³-hybridized carbons (Fsp3) is 0.667. The number of aryl methyl sites for hydroxylation is 1. The third-order valence-corrected chi connectivity index (χ3v) is 5.68. The molecule has 5 nitrogen and oxygen atoms in total. The van der Waals surface area contributed by atoms with Crippen molar-refractivity contribution < 1.29 is 5.11 Å². The van der Waals surface area contributed by atoms with Gasteiger partial charge in [-0.05, 0) is 50.0 Å². The molecule has 2 saturated carbocycles. The molecule has 0 aromatic carbocycles. The number of anilines is 1. The van der Waals surface area contributed by atoms with E-state index in [0.29, 0.717) is 17.8 Å². The summed E-state index contributed by atoms with van der Waals surface area (Å²) in [6, 6.07) is 2.15. The smallest absolute Gasteiger partial charge is 0.224 e. The summed E-state index contributed by atoms with van der Waals surface area (Å²) in [5.74, 6) is 2.37. The predicted molar refractivity (Wildman–Crippen MR) is 91.5 cm³/mol. The van der Waals surface area contributed by atoms with Crippen molar-refractivity contribution in [2.24, 2.45) is 18.9 Å². The second-order valence-electron chi connectivity index (χ2n) is 7.27. The molecule has 0 amide bonds. The fourth-order valence-electron chi connectivity index (χ4n) is 4.67. The van der Waals surface area contributed by atoms with Crippen LogP contribution in [0.5, 0.6) is 0 Å². The Morgan fingerprint density at radius 2 is 2.00 bits per heavy atom. The summed E-state index contributed by atoms with van der Waals surface area (Å²) in [4.78, 5) is 9.63. The Hall–Kier alpha value is -1.62. The van der Waals surface area contributed by atoms with E-state index < -0.39 is 0 Å². The molecule has 2 N–H and O–H groups in total. The lowest BCUT2D eigenvalue weighted by Gasteiger charge is -2.33. The zero-order valence-electron chi connectivity index (χ0n) is 14.0. The van der Waals surface area contributed by atoms with Gasteiger partial charge in [0.2, 0.25) is 5.95 Å². The van der Waals surface area contributed by atoms with Gasteiger partial charge in [0.05, 0.1) is 11.8 Å². The van der Waals surface area contributed by atoms with E-state index in [9.17, 15) is 5.11 Å². The maximum Gasteiger partial charge on any atom is 0.224 e. The van der Waals surface area contributed by atoms with Gasteiger partial charge in [0.25, 0.3) is 0 Å². The normalized spacial score (nSPS) is 30.0. The van der Waals surface area contributed by atoms with Crippen molar-refractivity contribution >= 4 is 17.0 Å². The van der Waals surface area contributed by atoms with E-state index >= 15 is 0 Å². The van der Waals surface area contributed by atoms with Crippen LogP contribution in [0.2, 0.25) is 0 Å². The molecule has 5 heteroatoms. The van der Waals surface area contributed by atoms with Crippen molar-refractivity contribution in [1.82, 2.24) is 14.5 Å². The Labute approximate surface area is 137 Å². The highest BCUT2D eigenvalue weighted by molar-refractivity contribution is 5.80. The molecule has 2 fully saturated rings. The Morgan fingerprint density at radius 1 is 1.26 bits per heavy atom. The fourth-order valence-corrected chi connectivity index (χ4v) is 4.67. The first kappa shape index (κ1) is 14.9. The van der Waals surface area contributed by atoms with Gasteiger partial charge in [-0.25, -0.2) is 4.98 Å². The number of hydrogen-bond acceptors (Lipinski definition) is 4. The summed E-state index contributed by atoms with van der Waals surface area (Å²) < 4.78 is 2.08. The molecule has 2 aromatic rings. The zero-order chi connectivity index (χ0) is 16.0. The van der Waals surface area contributed by atoms with Gasteiger partial charge in [-0.1, -0.05) is 6.92 Å². The SMILES string of the molecule is CCCNc1nc(C2C3CCC2CC(O)C3)c2ccn(C)c2n1. The van der Waals surface area contributed by atoms with Gasteiger partial charge in [0.15, 0.2) is 0 Å². The van der Waals surface area contributed by atoms with Crippen molar-refractivity contribution in [3.05, 3.63) is 18.0 Å². The summed E-state index contributed by atoms with van der Waals surface area (Å²) >= 11 is 0. The first-order valence-electron chi connectivity index (χ1n) is 8.92. The Balaban J connectivity index is 1.79. The van der Waals surface area contributed by atoms with Crippen LogP contribution in [-0.4, -0.2) is 32.3 Å². The molecular weight excluding hydrogens is 288 g/mol. The van der Waals surface area contributed by atoms with Crippen molar-refractivity contribution in [1.29, 1.82) is 0 Å². The Morgan fingerprint density at radius 3 is 2.70 bits per heavy atom. The van der Waals surface area contributed by atoms with Crippen LogP contribution >= 0.6 is 0 Å². The Kier molecular flexibility index (Phi) is 3.76. The minimum absolute atomic E-state index is 0.116. The lowest BCUT2D eigenvalue weighted by molar-refractivity contribution is 0.0831. The van der Waals surface area contributed by atoms with Crippen LogP contribution in [0, 0.1) is 11.8 Å². The number of aromatic nitrogens is 3. The summed E-state index contributed by atoms with van der Waals surface area (Å²) in [5.41, 5.74) is 2.22. The summed E-state index contributed by atoms with van der Waals surface area (Å²) in [6.07, 6.45) is 7.32. The van der Waals surface area contributed by atoms with E-state index in [-0.39, 0.29) is 6.10 Å². The minimum atomic E-state index is -0.116. The third kappa shape index (κ3) is 2.51. The largest absolute Gasteiger partial charge is 0.393 e. The van der Waals surface area contributed by atoms with Crippen molar-refractivity contribution in [3.8, 4) is 0 Å². The molecular formula is C18H26N4O. The minimum Gasteiger partial charge on any atom is -0.393 e. The maximum absolute atomic E-state index is 10.1. The quantitative estimate of drug-likeness (QED) is 0.910. The Bertz CT molecular complexity index is 696. The first-order valence-corrected chi connectivity index (χ1v) is 8.92. The van der Waals surface area contributed by atoms with Gasteiger partial charge in [0, 0.05) is 31.1 Å². The number of hydrogen-bond donors (Lipinski definition) is 2. The average Bonchev–Trinajstić information content (AvgIpc) is 3.03. The monoisotopic (exact) mass is 314 g/mol. The van der Waals surface area contributed by atoms with Crippen LogP contribution in [0.15, 0.2) is 12.3 Å². The van der Waals surface area contributed by atoms with Crippen LogP contribution in [-0.2, 0) is 7.05 Å². The highest BCUT2D eigenvalue weighted by Crippen LogP contribution is 2.52. The molecule has 4 rings (SSSR count). The van der Waals surface area contributed by atoms with E-state index in [2.05, 4.69) is 29.1 Å². The van der Waals surface area contributed by atoms with Gasteiger partial charge < -0.3 is 15.0 Å². The molecule has 2 unspecified atom stereocenters. The van der Waals surface area contributed by atoms with Gasteiger partial charge in [-0.2, -0.15) is 4.98 Å². The first-order chi connectivity index (χ1) is 11.2. The van der Waals surface area contributed by atoms with Crippen LogP contribution in [0.1, 0.15) is 50.6 Å². The molecule has 2 bridgehead atoms. The average molecular weight is 314 g/mol. The van der Waals surface area contributed by atoms with Gasteiger partial charge in [-0.15, -0.1) is 0 Å². The van der Waals surface area contributed by atoms with Gasteiger partial charge in [0.1, 0.15) is 5.65 Å². The number of aliphatic hydroxyl groups excluding tert-OH is 1. The number of aliphatic hydroxyl groups is 1. The standard InChI is InChI=1S/C18H26N4O/c1-3-7-19-18-20-16(14-6-8-22(2)17(14)21-18)15-11-4-5-12(15)10-13(23)9-11/h6,8,11-13,15,23H,3-5,7,9-10H2,1-2H3,(H,19,20,21). The molecule has 2 atom stereocenters. The lowest BCUT2D eigenvalue weighted by Crippen LogP contribution is -2.28. The predicted octanol–water partition coefficient (Wildman–Crippen LogP) is 3.05. The highest BCUT2D eigenvalue weighted by Gasteiger charge is 2.44. The second-order valence-corrected chi connectivity index (χ2v) is 7.27. The number of nitrogens with zero attached hydrogens (tertiary/aromatic N) is 3. The second kappa shape index (κ2) is 5.78. The van der Waals surface area contributed by atoms with Crippen molar-refractivity contribution in [3.63, 3.8) is 0 Å². The van der Waals surface area contributed by atoms with Crippen LogP contribution < -0.4 is 5.32 Å². The summed E-state index contributed by atoms with van der Waals surface area (Å²) in [7, 11) is 2.04. The number of rotatable bonds is 4. The van der Waals surface area contributed by atoms with Crippen LogP contribution in [0.3, 0.4) is 0 Å². The van der Waals surface area contributed by atoms with E-state index in [0.717, 1.165) is 37.4 Å². The number of nitrogens with one attached hydrogen (secondary N) is 1. The van der Waals surface area contributed by atoms with E-state index in [1.807, 2.05) is 7.05 Å². The maximum atomic E-state index is 10.1. The molecule has 2 aromatic heterocycles. The zero-order valence-corrected chi connectivity index (χ0v) is 14.0. The lowest BCUT2D eigenvalue weighted by atomic mass is 9.75. The van der Waals surface area contributed by atoms with Crippen LogP contribution in [0.25, 0.3) is 11.0 Å². The van der Waals surface area contributed by atoms with E-state index in [1.165, 1.54) is 23.9 Å². The molecule has 0 aliphatic heterocycles. The molecule has 124 valence electrons. The van der Waals surface area contributed by atoms with Crippen molar-refractivity contribution in [2.45, 2.75) is 51.0 Å². The molecule has 0 spiro atoms. The summed E-state index contributed by atoms with van der Waals surface area (Å²) in [5, 5.41) is 14.6.